The molecule has 0 bridgehead atoms. The first-order valence-electron chi connectivity index (χ1n) is 11.1. The van der Waals surface area contributed by atoms with Crippen LogP contribution in [0.3, 0.4) is 0 Å². The van der Waals surface area contributed by atoms with Crippen molar-refractivity contribution in [2.24, 2.45) is 5.92 Å². The molecule has 33 heavy (non-hydrogen) atoms. The van der Waals surface area contributed by atoms with Gasteiger partial charge >= 0.3 is 12.1 Å². The van der Waals surface area contributed by atoms with Gasteiger partial charge in [-0.25, -0.2) is 4.79 Å². The summed E-state index contributed by atoms with van der Waals surface area (Å²) in [6.07, 6.45) is 0.150. The molecule has 0 heterocycles. The van der Waals surface area contributed by atoms with Crippen LogP contribution >= 0.6 is 0 Å². The average molecular weight is 452 g/mol. The molecule has 8 nitrogen and oxygen atoms in total. The molecule has 2 amide bonds. The van der Waals surface area contributed by atoms with Crippen molar-refractivity contribution in [3.05, 3.63) is 59.7 Å². The second-order valence-corrected chi connectivity index (χ2v) is 9.00. The van der Waals surface area contributed by atoms with E-state index >= 15 is 0 Å². The molecule has 1 unspecified atom stereocenters. The Labute approximate surface area is 192 Å². The minimum Gasteiger partial charge on any atom is -0.481 e. The van der Waals surface area contributed by atoms with Gasteiger partial charge in [0.05, 0.1) is 5.92 Å². The van der Waals surface area contributed by atoms with Gasteiger partial charge in [-0.3, -0.25) is 9.59 Å². The number of amides is 2. The number of carboxylic acids is 1. The SMILES string of the molecule is CN(C)CC(NC(=O)OCC1c2ccccc2-c2ccccc21)C(=O)NC1CC(C(=O)O)C1. The lowest BCUT2D eigenvalue weighted by Crippen LogP contribution is -2.56. The van der Waals surface area contributed by atoms with Gasteiger partial charge in [-0.05, 0) is 49.2 Å². The van der Waals surface area contributed by atoms with Crippen LogP contribution in [-0.2, 0) is 14.3 Å². The Bertz CT molecular complexity index is 1000. The monoisotopic (exact) mass is 451 g/mol. The second-order valence-electron chi connectivity index (χ2n) is 9.00. The summed E-state index contributed by atoms with van der Waals surface area (Å²) < 4.78 is 5.57. The summed E-state index contributed by atoms with van der Waals surface area (Å²) in [5.41, 5.74) is 4.53. The molecule has 3 N–H and O–H groups in total. The van der Waals surface area contributed by atoms with Crippen LogP contribution in [0.4, 0.5) is 4.79 Å². The molecule has 0 radical (unpaired) electrons. The summed E-state index contributed by atoms with van der Waals surface area (Å²) in [5, 5.41) is 14.5. The number of rotatable bonds is 8. The number of fused-ring (bicyclic) bond motifs is 3. The van der Waals surface area contributed by atoms with Gasteiger partial charge in [0, 0.05) is 18.5 Å². The van der Waals surface area contributed by atoms with E-state index < -0.39 is 24.0 Å². The first-order valence-corrected chi connectivity index (χ1v) is 11.1. The van der Waals surface area contributed by atoms with Crippen molar-refractivity contribution >= 4 is 18.0 Å². The maximum absolute atomic E-state index is 12.7. The van der Waals surface area contributed by atoms with Gasteiger partial charge in [-0.15, -0.1) is 0 Å². The molecular weight excluding hydrogens is 422 g/mol. The number of aliphatic carboxylic acids is 1. The topological polar surface area (TPSA) is 108 Å². The lowest BCUT2D eigenvalue weighted by atomic mass is 9.80. The number of carbonyl (C=O) groups excluding carboxylic acids is 2. The van der Waals surface area contributed by atoms with E-state index in [1.165, 1.54) is 0 Å². The summed E-state index contributed by atoms with van der Waals surface area (Å²) in [6.45, 7) is 0.462. The van der Waals surface area contributed by atoms with E-state index in [4.69, 9.17) is 9.84 Å². The third kappa shape index (κ3) is 5.01. The number of hydrogen-bond acceptors (Lipinski definition) is 5. The van der Waals surface area contributed by atoms with Crippen LogP contribution in [-0.4, -0.2) is 67.3 Å². The molecule has 0 spiro atoms. The van der Waals surface area contributed by atoms with Gasteiger partial charge in [0.2, 0.25) is 5.91 Å². The highest BCUT2D eigenvalue weighted by atomic mass is 16.5. The van der Waals surface area contributed by atoms with Crippen molar-refractivity contribution in [3.63, 3.8) is 0 Å². The van der Waals surface area contributed by atoms with Crippen LogP contribution in [0, 0.1) is 5.92 Å². The fraction of sp³-hybridized carbons (Fsp3) is 0.400. The van der Waals surface area contributed by atoms with Gasteiger partial charge < -0.3 is 25.4 Å². The number of nitrogens with one attached hydrogen (secondary N) is 2. The maximum Gasteiger partial charge on any atom is 0.407 e. The van der Waals surface area contributed by atoms with E-state index in [0.717, 1.165) is 22.3 Å². The molecule has 8 heteroatoms. The predicted molar refractivity (Wildman–Crippen MR) is 123 cm³/mol. The second kappa shape index (κ2) is 9.62. The number of nitrogens with zero attached hydrogens (tertiary/aromatic N) is 1. The first kappa shape index (κ1) is 22.8. The zero-order valence-corrected chi connectivity index (χ0v) is 18.8. The highest BCUT2D eigenvalue weighted by Gasteiger charge is 2.37. The van der Waals surface area contributed by atoms with Crippen molar-refractivity contribution in [3.8, 4) is 11.1 Å². The Morgan fingerprint density at radius 3 is 2.15 bits per heavy atom. The molecule has 1 fully saturated rings. The lowest BCUT2D eigenvalue weighted by molar-refractivity contribution is -0.146. The quantitative estimate of drug-likeness (QED) is 0.569. The van der Waals surface area contributed by atoms with Crippen LogP contribution in [0.1, 0.15) is 29.9 Å². The molecule has 0 aliphatic heterocycles. The average Bonchev–Trinajstić information content (AvgIpc) is 3.07. The predicted octanol–water partition coefficient (Wildman–Crippen LogP) is 2.43. The van der Waals surface area contributed by atoms with Gasteiger partial charge in [0.25, 0.3) is 0 Å². The first-order chi connectivity index (χ1) is 15.8. The number of ether oxygens (including phenoxy) is 1. The Morgan fingerprint density at radius 1 is 1.03 bits per heavy atom. The highest BCUT2D eigenvalue weighted by Crippen LogP contribution is 2.44. The van der Waals surface area contributed by atoms with Gasteiger partial charge in [0.1, 0.15) is 12.6 Å². The number of carbonyl (C=O) groups is 3. The summed E-state index contributed by atoms with van der Waals surface area (Å²) in [5.74, 6) is -1.67. The number of carboxylic acid groups (broad SMARTS) is 1. The highest BCUT2D eigenvalue weighted by molar-refractivity contribution is 5.86. The lowest BCUT2D eigenvalue weighted by Gasteiger charge is -2.34. The molecule has 174 valence electrons. The summed E-state index contributed by atoms with van der Waals surface area (Å²) in [4.78, 5) is 38.1. The largest absolute Gasteiger partial charge is 0.481 e. The van der Waals surface area contributed by atoms with E-state index in [1.54, 1.807) is 4.90 Å². The number of benzene rings is 2. The zero-order chi connectivity index (χ0) is 23.5. The molecule has 2 aliphatic carbocycles. The molecule has 1 saturated carbocycles. The molecule has 2 aliphatic rings. The number of likely N-dealkylation sites (N-methyl/N-ethyl adjacent to an activating group) is 1. The Kier molecular flexibility index (Phi) is 6.65. The van der Waals surface area contributed by atoms with E-state index in [0.29, 0.717) is 19.4 Å². The van der Waals surface area contributed by atoms with E-state index in [1.807, 2.05) is 50.5 Å². The van der Waals surface area contributed by atoms with E-state index in [2.05, 4.69) is 22.8 Å². The number of alkyl carbamates (subject to hydrolysis) is 1. The summed E-state index contributed by atoms with van der Waals surface area (Å²) >= 11 is 0. The molecule has 4 rings (SSSR count). The third-order valence-electron chi connectivity index (χ3n) is 6.33. The molecule has 2 aromatic carbocycles. The third-order valence-corrected chi connectivity index (χ3v) is 6.33. The van der Waals surface area contributed by atoms with Crippen molar-refractivity contribution < 1.29 is 24.2 Å². The molecular formula is C25H29N3O5. The van der Waals surface area contributed by atoms with Crippen molar-refractivity contribution in [2.75, 3.05) is 27.2 Å². The Balaban J connectivity index is 1.36. The smallest absolute Gasteiger partial charge is 0.407 e. The summed E-state index contributed by atoms with van der Waals surface area (Å²) in [6, 6.07) is 15.2. The number of hydrogen-bond donors (Lipinski definition) is 3. The van der Waals surface area contributed by atoms with Crippen molar-refractivity contribution in [2.45, 2.75) is 30.8 Å². The summed E-state index contributed by atoms with van der Waals surface area (Å²) in [7, 11) is 3.62. The van der Waals surface area contributed by atoms with E-state index in [9.17, 15) is 14.4 Å². The van der Waals surface area contributed by atoms with Crippen molar-refractivity contribution in [1.29, 1.82) is 0 Å². The molecule has 0 aromatic heterocycles. The van der Waals surface area contributed by atoms with Gasteiger partial charge in [-0.2, -0.15) is 0 Å². The Morgan fingerprint density at radius 2 is 1.61 bits per heavy atom. The van der Waals surface area contributed by atoms with Crippen LogP contribution in [0.25, 0.3) is 11.1 Å². The molecule has 1 atom stereocenters. The standard InChI is InChI=1S/C25H29N3O5/c1-28(2)13-22(23(29)26-16-11-15(12-16)24(30)31)27-25(32)33-14-21-19-9-5-3-7-17(19)18-8-4-6-10-20(18)21/h3-10,15-16,21-22H,11-14H2,1-2H3,(H,26,29)(H,27,32)(H,30,31). The molecule has 0 saturated heterocycles. The fourth-order valence-corrected chi connectivity index (χ4v) is 4.58. The van der Waals surface area contributed by atoms with E-state index in [-0.39, 0.29) is 24.5 Å². The molecule has 2 aromatic rings. The maximum atomic E-state index is 12.7. The van der Waals surface area contributed by atoms with Crippen LogP contribution in [0.5, 0.6) is 0 Å². The van der Waals surface area contributed by atoms with Crippen LogP contribution in [0.2, 0.25) is 0 Å². The minimum atomic E-state index is -0.845. The minimum absolute atomic E-state index is 0.0628. The van der Waals surface area contributed by atoms with Gasteiger partial charge in [0.15, 0.2) is 0 Å². The Hall–Kier alpha value is -3.39. The van der Waals surface area contributed by atoms with Crippen molar-refractivity contribution in [1.82, 2.24) is 15.5 Å². The van der Waals surface area contributed by atoms with Gasteiger partial charge in [-0.1, -0.05) is 48.5 Å². The van der Waals surface area contributed by atoms with Crippen LogP contribution < -0.4 is 10.6 Å². The zero-order valence-electron chi connectivity index (χ0n) is 18.8. The normalized spacial score (nSPS) is 19.7. The van der Waals surface area contributed by atoms with Crippen LogP contribution in [0.15, 0.2) is 48.5 Å². The fourth-order valence-electron chi connectivity index (χ4n) is 4.58.